The van der Waals surface area contributed by atoms with Crippen LogP contribution in [0.4, 0.5) is 0 Å². The summed E-state index contributed by atoms with van der Waals surface area (Å²) in [5.41, 5.74) is -0.197. The third-order valence-corrected chi connectivity index (χ3v) is 3.38. The van der Waals surface area contributed by atoms with E-state index in [1.165, 1.54) is 12.8 Å². The molecule has 1 aliphatic carbocycles. The van der Waals surface area contributed by atoms with Gasteiger partial charge in [-0.3, -0.25) is 0 Å². The second-order valence-corrected chi connectivity index (χ2v) is 5.06. The second kappa shape index (κ2) is 5.83. The van der Waals surface area contributed by atoms with Gasteiger partial charge in [-0.2, -0.15) is 0 Å². The minimum atomic E-state index is -0.197. The Morgan fingerprint density at radius 1 is 1.47 bits per heavy atom. The molecule has 0 saturated heterocycles. The van der Waals surface area contributed by atoms with E-state index in [2.05, 4.69) is 19.2 Å². The number of nitrogens with one attached hydrogen (secondary N) is 1. The lowest BCUT2D eigenvalue weighted by Gasteiger charge is -2.43. The van der Waals surface area contributed by atoms with Crippen LogP contribution in [0.15, 0.2) is 0 Å². The molecular weight excluding hydrogens is 190 g/mol. The number of hydrogen-bond donors (Lipinski definition) is 2. The van der Waals surface area contributed by atoms with Gasteiger partial charge in [-0.05, 0) is 25.3 Å². The van der Waals surface area contributed by atoms with Gasteiger partial charge in [0.15, 0.2) is 0 Å². The smallest absolute Gasteiger partial charge is 0.0775 e. The maximum Gasteiger partial charge on any atom is 0.0775 e. The molecule has 0 aromatic rings. The molecule has 1 aliphatic rings. The van der Waals surface area contributed by atoms with Crippen LogP contribution in [0.25, 0.3) is 0 Å². The van der Waals surface area contributed by atoms with Crippen LogP contribution in [0, 0.1) is 5.92 Å². The fourth-order valence-electron chi connectivity index (χ4n) is 2.40. The molecule has 3 nitrogen and oxygen atoms in total. The number of methoxy groups -OCH3 is 1. The average Bonchev–Trinajstić information content (AvgIpc) is 2.26. The summed E-state index contributed by atoms with van der Waals surface area (Å²) in [6.45, 7) is 5.49. The van der Waals surface area contributed by atoms with Crippen molar-refractivity contribution < 1.29 is 9.84 Å². The molecule has 0 aromatic heterocycles. The summed E-state index contributed by atoms with van der Waals surface area (Å²) >= 11 is 0. The number of ether oxygens (including phenoxy) is 1. The standard InChI is InChI=1S/C12H25NO2/c1-10(2)8-13-12(9-14)7-5-4-6-11(12)15-3/h10-11,13-14H,4-9H2,1-3H3. The Kier molecular flexibility index (Phi) is 5.03. The fourth-order valence-corrected chi connectivity index (χ4v) is 2.40. The van der Waals surface area contributed by atoms with E-state index in [1.807, 2.05) is 0 Å². The van der Waals surface area contributed by atoms with E-state index in [4.69, 9.17) is 4.74 Å². The van der Waals surface area contributed by atoms with Crippen molar-refractivity contribution >= 4 is 0 Å². The molecule has 15 heavy (non-hydrogen) atoms. The summed E-state index contributed by atoms with van der Waals surface area (Å²) in [5, 5.41) is 13.1. The first-order chi connectivity index (χ1) is 7.14. The highest BCUT2D eigenvalue weighted by Gasteiger charge is 2.40. The molecule has 0 bridgehead atoms. The topological polar surface area (TPSA) is 41.5 Å². The molecule has 0 spiro atoms. The first-order valence-corrected chi connectivity index (χ1v) is 6.03. The molecule has 1 rings (SSSR count). The first kappa shape index (κ1) is 12.9. The van der Waals surface area contributed by atoms with Crippen molar-refractivity contribution in [2.24, 2.45) is 5.92 Å². The van der Waals surface area contributed by atoms with Crippen molar-refractivity contribution in [3.05, 3.63) is 0 Å². The van der Waals surface area contributed by atoms with Crippen LogP contribution in [0.3, 0.4) is 0 Å². The predicted octanol–water partition coefficient (Wildman–Crippen LogP) is 1.55. The van der Waals surface area contributed by atoms with Crippen LogP contribution in [-0.4, -0.2) is 37.0 Å². The molecule has 0 radical (unpaired) electrons. The quantitative estimate of drug-likeness (QED) is 0.731. The summed E-state index contributed by atoms with van der Waals surface area (Å²) in [4.78, 5) is 0. The zero-order chi connectivity index (χ0) is 11.3. The SMILES string of the molecule is COC1CCCCC1(CO)NCC(C)C. The molecular formula is C12H25NO2. The highest BCUT2D eigenvalue weighted by atomic mass is 16.5. The van der Waals surface area contributed by atoms with Crippen LogP contribution in [-0.2, 0) is 4.74 Å². The largest absolute Gasteiger partial charge is 0.394 e. The van der Waals surface area contributed by atoms with Crippen molar-refractivity contribution in [1.82, 2.24) is 5.32 Å². The van der Waals surface area contributed by atoms with Crippen LogP contribution >= 0.6 is 0 Å². The number of aliphatic hydroxyl groups is 1. The summed E-state index contributed by atoms with van der Waals surface area (Å²) in [5.74, 6) is 0.604. The lowest BCUT2D eigenvalue weighted by molar-refractivity contribution is -0.0391. The zero-order valence-corrected chi connectivity index (χ0v) is 10.3. The maximum absolute atomic E-state index is 9.61. The van der Waals surface area contributed by atoms with Crippen LogP contribution in [0.1, 0.15) is 39.5 Å². The van der Waals surface area contributed by atoms with Crippen LogP contribution in [0.2, 0.25) is 0 Å². The summed E-state index contributed by atoms with van der Waals surface area (Å²) < 4.78 is 5.51. The van der Waals surface area contributed by atoms with E-state index in [0.29, 0.717) is 5.92 Å². The predicted molar refractivity (Wildman–Crippen MR) is 61.9 cm³/mol. The highest BCUT2D eigenvalue weighted by molar-refractivity contribution is 4.98. The lowest BCUT2D eigenvalue weighted by Crippen LogP contribution is -2.60. The van der Waals surface area contributed by atoms with Crippen LogP contribution < -0.4 is 5.32 Å². The van der Waals surface area contributed by atoms with E-state index in [0.717, 1.165) is 19.4 Å². The van der Waals surface area contributed by atoms with Crippen molar-refractivity contribution in [2.75, 3.05) is 20.3 Å². The Morgan fingerprint density at radius 3 is 2.73 bits per heavy atom. The van der Waals surface area contributed by atoms with Gasteiger partial charge in [-0.25, -0.2) is 0 Å². The maximum atomic E-state index is 9.61. The third-order valence-electron chi connectivity index (χ3n) is 3.38. The zero-order valence-electron chi connectivity index (χ0n) is 10.3. The average molecular weight is 215 g/mol. The molecule has 90 valence electrons. The van der Waals surface area contributed by atoms with Gasteiger partial charge < -0.3 is 15.2 Å². The molecule has 0 aliphatic heterocycles. The fraction of sp³-hybridized carbons (Fsp3) is 1.00. The summed E-state index contributed by atoms with van der Waals surface area (Å²) in [6.07, 6.45) is 4.64. The minimum Gasteiger partial charge on any atom is -0.394 e. The highest BCUT2D eigenvalue weighted by Crippen LogP contribution is 2.30. The van der Waals surface area contributed by atoms with Gasteiger partial charge in [-0.15, -0.1) is 0 Å². The van der Waals surface area contributed by atoms with Gasteiger partial charge in [0.25, 0.3) is 0 Å². The van der Waals surface area contributed by atoms with E-state index in [1.54, 1.807) is 7.11 Å². The van der Waals surface area contributed by atoms with E-state index in [-0.39, 0.29) is 18.2 Å². The molecule has 1 fully saturated rings. The monoisotopic (exact) mass is 215 g/mol. The van der Waals surface area contributed by atoms with Crippen molar-refractivity contribution in [2.45, 2.75) is 51.2 Å². The van der Waals surface area contributed by atoms with E-state index >= 15 is 0 Å². The number of hydrogen-bond acceptors (Lipinski definition) is 3. The molecule has 2 atom stereocenters. The number of aliphatic hydroxyl groups excluding tert-OH is 1. The van der Waals surface area contributed by atoms with Gasteiger partial charge in [0, 0.05) is 7.11 Å². The molecule has 0 amide bonds. The Labute approximate surface area is 93.2 Å². The molecule has 0 aromatic carbocycles. The lowest BCUT2D eigenvalue weighted by atomic mass is 9.79. The Bertz CT molecular complexity index is 184. The van der Waals surface area contributed by atoms with Gasteiger partial charge >= 0.3 is 0 Å². The summed E-state index contributed by atoms with van der Waals surface area (Å²) in [7, 11) is 1.75. The van der Waals surface area contributed by atoms with Gasteiger partial charge in [-0.1, -0.05) is 26.7 Å². The normalized spacial score (nSPS) is 32.2. The van der Waals surface area contributed by atoms with Crippen LogP contribution in [0.5, 0.6) is 0 Å². The first-order valence-electron chi connectivity index (χ1n) is 6.03. The Morgan fingerprint density at radius 2 is 2.20 bits per heavy atom. The molecule has 2 N–H and O–H groups in total. The van der Waals surface area contributed by atoms with Crippen molar-refractivity contribution in [1.29, 1.82) is 0 Å². The second-order valence-electron chi connectivity index (χ2n) is 5.06. The Hall–Kier alpha value is -0.120. The van der Waals surface area contributed by atoms with E-state index < -0.39 is 0 Å². The van der Waals surface area contributed by atoms with Gasteiger partial charge in [0.05, 0.1) is 18.2 Å². The summed E-state index contributed by atoms with van der Waals surface area (Å²) in [6, 6.07) is 0. The minimum absolute atomic E-state index is 0.162. The molecule has 3 heteroatoms. The van der Waals surface area contributed by atoms with Crippen molar-refractivity contribution in [3.8, 4) is 0 Å². The molecule has 0 heterocycles. The van der Waals surface area contributed by atoms with E-state index in [9.17, 15) is 5.11 Å². The van der Waals surface area contributed by atoms with Crippen molar-refractivity contribution in [3.63, 3.8) is 0 Å². The third kappa shape index (κ3) is 3.16. The Balaban J connectivity index is 2.61. The number of rotatable bonds is 5. The molecule has 2 unspecified atom stereocenters. The molecule has 1 saturated carbocycles. The van der Waals surface area contributed by atoms with Gasteiger partial charge in [0.2, 0.25) is 0 Å². The van der Waals surface area contributed by atoms with Gasteiger partial charge in [0.1, 0.15) is 0 Å².